The summed E-state index contributed by atoms with van der Waals surface area (Å²) in [5.41, 5.74) is 22.2. The lowest BCUT2D eigenvalue weighted by atomic mass is 10.0. The van der Waals surface area contributed by atoms with Crippen molar-refractivity contribution in [1.29, 1.82) is 0 Å². The molecule has 1 saturated heterocycles. The van der Waals surface area contributed by atoms with Gasteiger partial charge in [-0.05, 0) is 61.1 Å². The van der Waals surface area contributed by atoms with Gasteiger partial charge in [0.15, 0.2) is 0 Å². The molecule has 65 heavy (non-hydrogen) atoms. The number of unbranched alkanes of at least 4 members (excludes halogenated alkanes) is 1. The highest BCUT2D eigenvalue weighted by Gasteiger charge is 2.42. The maximum atomic E-state index is 14.7. The lowest BCUT2D eigenvalue weighted by Crippen LogP contribution is -2.58. The largest absolute Gasteiger partial charge is 0.368 e. The van der Waals surface area contributed by atoms with Gasteiger partial charge in [-0.2, -0.15) is 0 Å². The number of likely N-dealkylation sites (tertiary alicyclic amines) is 1. The van der Waals surface area contributed by atoms with Crippen molar-refractivity contribution >= 4 is 57.2 Å². The maximum Gasteiger partial charge on any atom is 0.245 e. The number of hydrogen-bond donors (Lipinski definition) is 10. The van der Waals surface area contributed by atoms with Gasteiger partial charge in [0.1, 0.15) is 30.2 Å². The predicted octanol–water partition coefficient (Wildman–Crippen LogP) is 1.12. The summed E-state index contributed by atoms with van der Waals surface area (Å²) in [6.45, 7) is 0.507. The summed E-state index contributed by atoms with van der Waals surface area (Å²) in [5, 5.41) is 13.1. The van der Waals surface area contributed by atoms with Crippen molar-refractivity contribution in [3.8, 4) is 0 Å². The van der Waals surface area contributed by atoms with E-state index in [9.17, 15) is 28.8 Å². The molecule has 0 bridgehead atoms. The van der Waals surface area contributed by atoms with Crippen LogP contribution in [0, 0.1) is 0 Å². The monoisotopic (exact) mass is 884 g/mol. The summed E-state index contributed by atoms with van der Waals surface area (Å²) in [7, 11) is 0. The minimum atomic E-state index is -1.16. The highest BCUT2D eigenvalue weighted by Crippen LogP contribution is 2.25. The maximum absolute atomic E-state index is 14.7. The minimum Gasteiger partial charge on any atom is -0.368 e. The molecule has 7 rings (SSSR count). The van der Waals surface area contributed by atoms with Crippen LogP contribution in [-0.4, -0.2) is 110 Å². The van der Waals surface area contributed by atoms with Crippen molar-refractivity contribution in [3.05, 3.63) is 126 Å². The van der Waals surface area contributed by atoms with E-state index < -0.39 is 71.7 Å². The number of carbonyl (C=O) groups is 6. The van der Waals surface area contributed by atoms with Crippen molar-refractivity contribution in [3.63, 3.8) is 0 Å². The second-order valence-corrected chi connectivity index (χ2v) is 16.5. The zero-order valence-electron chi connectivity index (χ0n) is 35.9. The lowest BCUT2D eigenvalue weighted by Gasteiger charge is -2.30. The Hall–Kier alpha value is -7.31. The van der Waals surface area contributed by atoms with Crippen LogP contribution >= 0.6 is 0 Å². The van der Waals surface area contributed by atoms with Gasteiger partial charge in [-0.3, -0.25) is 28.8 Å². The fourth-order valence-electron chi connectivity index (χ4n) is 8.38. The number of hydrogen-bond acceptors (Lipinski definition) is 9. The third-order valence-corrected chi connectivity index (χ3v) is 11.9. The number of para-hydroxylation sites is 2. The number of nitrogens with zero attached hydrogens (tertiary/aromatic N) is 2. The fourth-order valence-corrected chi connectivity index (χ4v) is 8.38. The number of nitrogens with two attached hydrogens (primary N) is 3. The molecule has 6 amide bonds. The van der Waals surface area contributed by atoms with Crippen LogP contribution in [0.3, 0.4) is 0 Å². The van der Waals surface area contributed by atoms with Gasteiger partial charge in [-0.1, -0.05) is 66.7 Å². The molecular formula is C47H56N12O6. The number of amides is 6. The molecule has 18 nitrogen and oxygen atoms in total. The summed E-state index contributed by atoms with van der Waals surface area (Å²) < 4.78 is 0. The zero-order valence-corrected chi connectivity index (χ0v) is 35.9. The Balaban J connectivity index is 1.13. The molecule has 3 aromatic carbocycles. The van der Waals surface area contributed by atoms with E-state index in [0.717, 1.165) is 38.5 Å². The number of aromatic amines is 3. The smallest absolute Gasteiger partial charge is 0.245 e. The van der Waals surface area contributed by atoms with Crippen molar-refractivity contribution in [2.45, 2.75) is 87.6 Å². The number of fused-ring (bicyclic) bond motifs is 2. The molecule has 6 atom stereocenters. The number of rotatable bonds is 22. The number of imidazole rings is 1. The second-order valence-electron chi connectivity index (χ2n) is 16.5. The summed E-state index contributed by atoms with van der Waals surface area (Å²) in [6, 6.07) is 17.8. The van der Waals surface area contributed by atoms with Crippen LogP contribution in [-0.2, 0) is 54.5 Å². The van der Waals surface area contributed by atoms with Crippen LogP contribution in [0.25, 0.3) is 21.8 Å². The van der Waals surface area contributed by atoms with E-state index in [0.29, 0.717) is 25.1 Å². The normalized spacial score (nSPS) is 16.1. The van der Waals surface area contributed by atoms with Gasteiger partial charge in [-0.15, -0.1) is 0 Å². The Morgan fingerprint density at radius 2 is 1.32 bits per heavy atom. The summed E-state index contributed by atoms with van der Waals surface area (Å²) in [5.74, 6) is -3.62. The van der Waals surface area contributed by atoms with Crippen molar-refractivity contribution < 1.29 is 28.8 Å². The number of primary amides is 1. The first-order valence-corrected chi connectivity index (χ1v) is 21.9. The van der Waals surface area contributed by atoms with E-state index in [2.05, 4.69) is 41.2 Å². The number of benzene rings is 3. The molecule has 3 aromatic heterocycles. The molecule has 1 fully saturated rings. The molecule has 4 heterocycles. The Labute approximate surface area is 375 Å². The fraction of sp³-hybridized carbons (Fsp3) is 0.340. The number of H-pyrrole nitrogens is 3. The second kappa shape index (κ2) is 21.4. The molecular weight excluding hydrogens is 829 g/mol. The summed E-state index contributed by atoms with van der Waals surface area (Å²) in [6.07, 6.45) is 8.61. The van der Waals surface area contributed by atoms with Crippen LogP contribution in [0.1, 0.15) is 48.1 Å². The van der Waals surface area contributed by atoms with Crippen molar-refractivity contribution in [2.24, 2.45) is 17.2 Å². The molecule has 0 radical (unpaired) electrons. The van der Waals surface area contributed by atoms with Crippen LogP contribution in [0.2, 0.25) is 0 Å². The zero-order chi connectivity index (χ0) is 45.9. The summed E-state index contributed by atoms with van der Waals surface area (Å²) >= 11 is 0. The van der Waals surface area contributed by atoms with Crippen LogP contribution in [0.15, 0.2) is 104 Å². The average molecular weight is 885 g/mol. The van der Waals surface area contributed by atoms with Crippen LogP contribution in [0.5, 0.6) is 0 Å². The molecule has 340 valence electrons. The van der Waals surface area contributed by atoms with Gasteiger partial charge in [0.2, 0.25) is 35.4 Å². The standard InChI is InChI=1S/C47H56N12O6/c48-18-9-8-16-37(42(50)60)55-44(62)39(20-28-10-2-1-3-11-28)58-46(64)41(22-30-25-53-36-15-7-5-13-33(30)36)59-19-17-38(47(59)65)56-45(63)40(21-29-24-52-35-14-6-4-12-32(29)35)57-43(61)34(49)23-31-26-51-27-54-31/h1-7,10-15,24-27,34,37-41,52-53H,8-9,16-23,48-49H2,(H2,50,60)(H,51,54)(H,55,62)(H,56,63)(H,57,61)(H,58,64)/t34-,37-,38-,39+,40+,41-/m0/s1. The first-order valence-electron chi connectivity index (χ1n) is 21.9. The predicted molar refractivity (Wildman–Crippen MR) is 244 cm³/mol. The number of aromatic nitrogens is 4. The Bertz CT molecular complexity index is 2590. The van der Waals surface area contributed by atoms with Gasteiger partial charge in [0, 0.05) is 78.3 Å². The average Bonchev–Trinajstić information content (AvgIpc) is 4.13. The SMILES string of the molecule is NCCCC[C@H](NC(=O)[C@@H](Cc1ccccc1)NC(=O)[C@H](Cc1c[nH]c2ccccc12)N1CC[C@H](NC(=O)[C@@H](Cc2c[nH]c3ccccc23)NC(=O)[C@@H](N)Cc2cnc[nH]2)C1=O)C(N)=O. The molecule has 6 aromatic rings. The molecule has 0 spiro atoms. The van der Waals surface area contributed by atoms with E-state index in [-0.39, 0.29) is 45.1 Å². The first-order chi connectivity index (χ1) is 31.5. The van der Waals surface area contributed by atoms with Gasteiger partial charge >= 0.3 is 0 Å². The van der Waals surface area contributed by atoms with Crippen molar-refractivity contribution in [2.75, 3.05) is 13.1 Å². The van der Waals surface area contributed by atoms with E-state index in [1.807, 2.05) is 78.9 Å². The van der Waals surface area contributed by atoms with Crippen LogP contribution < -0.4 is 38.5 Å². The molecule has 1 aliphatic heterocycles. The Morgan fingerprint density at radius 1 is 0.708 bits per heavy atom. The van der Waals surface area contributed by atoms with Crippen molar-refractivity contribution in [1.82, 2.24) is 46.1 Å². The molecule has 0 aliphatic carbocycles. The third-order valence-electron chi connectivity index (χ3n) is 11.9. The molecule has 13 N–H and O–H groups in total. The minimum absolute atomic E-state index is 0.0679. The van der Waals surface area contributed by atoms with Gasteiger partial charge < -0.3 is 58.3 Å². The van der Waals surface area contributed by atoms with E-state index >= 15 is 0 Å². The van der Waals surface area contributed by atoms with E-state index in [4.69, 9.17) is 17.2 Å². The Morgan fingerprint density at radius 3 is 1.97 bits per heavy atom. The summed E-state index contributed by atoms with van der Waals surface area (Å²) in [4.78, 5) is 98.3. The number of carbonyl (C=O) groups excluding carboxylic acids is 6. The van der Waals surface area contributed by atoms with Gasteiger partial charge in [-0.25, -0.2) is 4.98 Å². The molecule has 18 heteroatoms. The quantitative estimate of drug-likeness (QED) is 0.0437. The van der Waals surface area contributed by atoms with E-state index in [1.165, 1.54) is 11.2 Å². The van der Waals surface area contributed by atoms with Gasteiger partial charge in [0.25, 0.3) is 0 Å². The molecule has 1 aliphatic rings. The third kappa shape index (κ3) is 11.5. The van der Waals surface area contributed by atoms with Gasteiger partial charge in [0.05, 0.1) is 12.4 Å². The first kappa shape index (κ1) is 45.7. The molecule has 0 unspecified atom stereocenters. The highest BCUT2D eigenvalue weighted by atomic mass is 16.2. The number of nitrogens with one attached hydrogen (secondary N) is 7. The van der Waals surface area contributed by atoms with E-state index in [1.54, 1.807) is 18.6 Å². The van der Waals surface area contributed by atoms with Crippen LogP contribution in [0.4, 0.5) is 0 Å². The lowest BCUT2D eigenvalue weighted by molar-refractivity contribution is -0.140. The highest BCUT2D eigenvalue weighted by molar-refractivity contribution is 5.98. The Kier molecular flexibility index (Phi) is 15.0. The topological polar surface area (TPSA) is 292 Å². The molecule has 0 saturated carbocycles.